The van der Waals surface area contributed by atoms with E-state index in [-0.39, 0.29) is 11.1 Å². The molecule has 0 amide bonds. The Bertz CT molecular complexity index is 3230. The second-order valence-corrected chi connectivity index (χ2v) is 15.7. The SMILES string of the molecule is C=C(C)c1c(F)c(-c2cc(-c3c(F)c(F)c(-c4c(F)c(F)c(F)c(F)c4F)c(C(=C)C)c3F)cc(-c3cccc4c3sc3ccccc34)c2)c(F)c(F)c1-c1c(F)c(F)c(F)c(F)c1F. The van der Waals surface area contributed by atoms with Crippen molar-refractivity contribution in [3.05, 3.63) is 178 Å². The summed E-state index contributed by atoms with van der Waals surface area (Å²) < 4.78 is 248. The predicted molar refractivity (Wildman–Crippen MR) is 215 cm³/mol. The molecule has 0 radical (unpaired) electrons. The highest BCUT2D eigenvalue weighted by Gasteiger charge is 2.37. The smallest absolute Gasteiger partial charge is 0.200 e. The van der Waals surface area contributed by atoms with Gasteiger partial charge in [0.05, 0.1) is 22.3 Å². The molecular formula is C48H20F16S. The second-order valence-electron chi connectivity index (χ2n) is 14.7. The third kappa shape index (κ3) is 6.60. The van der Waals surface area contributed by atoms with E-state index in [1.165, 1.54) is 23.5 Å². The minimum atomic E-state index is -2.68. The Hall–Kier alpha value is -6.88. The van der Waals surface area contributed by atoms with Crippen molar-refractivity contribution in [2.24, 2.45) is 0 Å². The van der Waals surface area contributed by atoms with Gasteiger partial charge in [-0.1, -0.05) is 49.6 Å². The lowest BCUT2D eigenvalue weighted by molar-refractivity contribution is 0.380. The van der Waals surface area contributed by atoms with Gasteiger partial charge in [0.1, 0.15) is 11.6 Å². The molecule has 1 heterocycles. The molecule has 0 fully saturated rings. The number of hydrogen-bond donors (Lipinski definition) is 0. The molecule has 0 aliphatic heterocycles. The topological polar surface area (TPSA) is 0 Å². The monoisotopic (exact) mass is 932 g/mol. The van der Waals surface area contributed by atoms with Crippen LogP contribution in [0.15, 0.2) is 73.8 Å². The van der Waals surface area contributed by atoms with Gasteiger partial charge >= 0.3 is 0 Å². The van der Waals surface area contributed by atoms with E-state index in [4.69, 9.17) is 0 Å². The fourth-order valence-electron chi connectivity index (χ4n) is 7.79. The fraction of sp³-hybridized carbons (Fsp3) is 0.0417. The van der Waals surface area contributed by atoms with Gasteiger partial charge in [0, 0.05) is 42.4 Å². The first kappa shape index (κ1) is 44.7. The van der Waals surface area contributed by atoms with Gasteiger partial charge in [-0.3, -0.25) is 0 Å². The highest BCUT2D eigenvalue weighted by atomic mass is 32.1. The standard InChI is InChI=1S/C48H20F16S/c1-15(2)24-28(30-38(55)42(59)46(63)43(60)39(30)56)36(53)34(51)26(32(24)49)18-12-17(20-9-7-10-22-21-8-5-6-11-23(21)65-48(20)22)13-19(14-18)27-33(50)25(16(3)4)29(37(54)35(27)52)31-40(57)44(61)47(64)45(62)41(31)58/h5-14H,1,3H2,2,4H3. The largest absolute Gasteiger partial charge is 0.206 e. The zero-order valence-corrected chi connectivity index (χ0v) is 33.5. The van der Waals surface area contributed by atoms with E-state index in [1.807, 2.05) is 0 Å². The summed E-state index contributed by atoms with van der Waals surface area (Å²) in [6.07, 6.45) is 0. The van der Waals surface area contributed by atoms with Crippen molar-refractivity contribution >= 4 is 42.7 Å². The van der Waals surface area contributed by atoms with E-state index in [0.29, 0.717) is 26.2 Å². The Morgan fingerprint density at radius 1 is 0.354 bits per heavy atom. The third-order valence-corrected chi connectivity index (χ3v) is 11.9. The summed E-state index contributed by atoms with van der Waals surface area (Å²) in [4.78, 5) is 0. The maximum Gasteiger partial charge on any atom is 0.200 e. The molecule has 0 spiro atoms. The molecule has 8 aromatic rings. The lowest BCUT2D eigenvalue weighted by Crippen LogP contribution is -2.11. The predicted octanol–water partition coefficient (Wildman–Crippen LogP) is 16.7. The molecule has 0 nitrogen and oxygen atoms in total. The summed E-state index contributed by atoms with van der Waals surface area (Å²) in [5.41, 5.74) is -16.4. The van der Waals surface area contributed by atoms with Crippen LogP contribution in [0.4, 0.5) is 70.2 Å². The molecule has 0 bridgehead atoms. The van der Waals surface area contributed by atoms with Crippen molar-refractivity contribution in [2.45, 2.75) is 13.8 Å². The molecule has 330 valence electrons. The van der Waals surface area contributed by atoms with Crippen molar-refractivity contribution in [1.29, 1.82) is 0 Å². The van der Waals surface area contributed by atoms with Gasteiger partial charge in [0.15, 0.2) is 69.8 Å². The average molecular weight is 933 g/mol. The van der Waals surface area contributed by atoms with Crippen molar-refractivity contribution in [3.63, 3.8) is 0 Å². The van der Waals surface area contributed by atoms with Crippen LogP contribution in [0, 0.1) is 93.1 Å². The van der Waals surface area contributed by atoms with Gasteiger partial charge in [0.2, 0.25) is 11.6 Å². The lowest BCUT2D eigenvalue weighted by atomic mass is 9.85. The number of rotatable bonds is 7. The zero-order chi connectivity index (χ0) is 47.4. The normalized spacial score (nSPS) is 11.7. The second kappa shape index (κ2) is 16.0. The van der Waals surface area contributed by atoms with Crippen molar-refractivity contribution in [1.82, 2.24) is 0 Å². The summed E-state index contributed by atoms with van der Waals surface area (Å²) in [5, 5.41) is 1.28. The van der Waals surface area contributed by atoms with Gasteiger partial charge in [-0.15, -0.1) is 11.3 Å². The summed E-state index contributed by atoms with van der Waals surface area (Å²) in [6, 6.07) is 14.0. The minimum Gasteiger partial charge on any atom is -0.206 e. The summed E-state index contributed by atoms with van der Waals surface area (Å²) in [6.45, 7) is 8.60. The first-order chi connectivity index (χ1) is 30.6. The Labute approximate surface area is 359 Å². The molecule has 17 heteroatoms. The number of halogens is 16. The third-order valence-electron chi connectivity index (χ3n) is 10.6. The minimum absolute atomic E-state index is 0.158. The maximum absolute atomic E-state index is 17.1. The number of thiophene rings is 1. The van der Waals surface area contributed by atoms with Crippen LogP contribution >= 0.6 is 11.3 Å². The Balaban J connectivity index is 1.51. The van der Waals surface area contributed by atoms with E-state index in [1.54, 1.807) is 30.3 Å². The zero-order valence-electron chi connectivity index (χ0n) is 32.6. The quantitative estimate of drug-likeness (QED) is 0.0849. The molecule has 0 aliphatic rings. The maximum atomic E-state index is 17.1. The summed E-state index contributed by atoms with van der Waals surface area (Å²) in [5.74, 6) is -39.8. The van der Waals surface area contributed by atoms with Crippen molar-refractivity contribution < 1.29 is 70.2 Å². The van der Waals surface area contributed by atoms with E-state index in [0.717, 1.165) is 26.0 Å². The Morgan fingerprint density at radius 3 is 1.11 bits per heavy atom. The summed E-state index contributed by atoms with van der Waals surface area (Å²) in [7, 11) is 0. The first-order valence-electron chi connectivity index (χ1n) is 18.4. The number of hydrogen-bond acceptors (Lipinski definition) is 1. The fourth-order valence-corrected chi connectivity index (χ4v) is 9.03. The van der Waals surface area contributed by atoms with Crippen LogP contribution in [-0.4, -0.2) is 0 Å². The average Bonchev–Trinajstić information content (AvgIpc) is 3.66. The molecular weight excluding hydrogens is 913 g/mol. The van der Waals surface area contributed by atoms with Gasteiger partial charge < -0.3 is 0 Å². The lowest BCUT2D eigenvalue weighted by Gasteiger charge is -2.21. The molecule has 0 saturated carbocycles. The van der Waals surface area contributed by atoms with Gasteiger partial charge in [0.25, 0.3) is 0 Å². The number of benzene rings is 7. The molecule has 0 N–H and O–H groups in total. The van der Waals surface area contributed by atoms with Crippen LogP contribution in [-0.2, 0) is 0 Å². The van der Waals surface area contributed by atoms with Crippen LogP contribution in [0.3, 0.4) is 0 Å². The first-order valence-corrected chi connectivity index (χ1v) is 19.3. The van der Waals surface area contributed by atoms with Gasteiger partial charge in [-0.25, -0.2) is 70.2 Å². The molecule has 0 atom stereocenters. The van der Waals surface area contributed by atoms with Crippen LogP contribution in [0.25, 0.3) is 87.0 Å². The van der Waals surface area contributed by atoms with Gasteiger partial charge in [-0.2, -0.15) is 0 Å². The van der Waals surface area contributed by atoms with Crippen LogP contribution in [0.1, 0.15) is 25.0 Å². The molecule has 7 aromatic carbocycles. The summed E-state index contributed by atoms with van der Waals surface area (Å²) >= 11 is 1.17. The Kier molecular flexibility index (Phi) is 11.0. The van der Waals surface area contributed by atoms with Crippen LogP contribution in [0.5, 0.6) is 0 Å². The molecule has 0 aliphatic carbocycles. The number of fused-ring (bicyclic) bond motifs is 3. The van der Waals surface area contributed by atoms with E-state index in [9.17, 15) is 26.3 Å². The van der Waals surface area contributed by atoms with Crippen LogP contribution < -0.4 is 0 Å². The van der Waals surface area contributed by atoms with Crippen molar-refractivity contribution in [2.75, 3.05) is 0 Å². The molecule has 0 saturated heterocycles. The Morgan fingerprint density at radius 2 is 0.692 bits per heavy atom. The van der Waals surface area contributed by atoms with Crippen molar-refractivity contribution in [3.8, 4) is 55.6 Å². The highest BCUT2D eigenvalue weighted by Crippen LogP contribution is 2.49. The molecule has 0 unspecified atom stereocenters. The molecule has 1 aromatic heterocycles. The molecule has 8 rings (SSSR count). The highest BCUT2D eigenvalue weighted by molar-refractivity contribution is 7.26. The number of allylic oxidation sites excluding steroid dienone is 2. The van der Waals surface area contributed by atoms with Gasteiger partial charge in [-0.05, 0) is 71.5 Å². The van der Waals surface area contributed by atoms with Crippen LogP contribution in [0.2, 0.25) is 0 Å². The van der Waals surface area contributed by atoms with E-state index >= 15 is 43.9 Å². The van der Waals surface area contributed by atoms with E-state index in [2.05, 4.69) is 13.2 Å². The van der Waals surface area contributed by atoms with E-state index < -0.39 is 160 Å². The molecule has 65 heavy (non-hydrogen) atoms.